The molecule has 1 saturated heterocycles. The second-order valence-electron chi connectivity index (χ2n) is 6.44. The Hall–Kier alpha value is -3.06. The SMILES string of the molecule is COc1cc(C(=O)[C@H]2COC[C@@H]2C(=O)c2ccc(OC)c(OC)c2)ccc1O. The van der Waals surface area contributed by atoms with Crippen molar-refractivity contribution in [3.05, 3.63) is 47.5 Å². The summed E-state index contributed by atoms with van der Waals surface area (Å²) in [5.41, 5.74) is 0.782. The highest BCUT2D eigenvalue weighted by molar-refractivity contribution is 6.05. The Balaban J connectivity index is 1.86. The van der Waals surface area contributed by atoms with Crippen LogP contribution in [-0.2, 0) is 4.74 Å². The van der Waals surface area contributed by atoms with Crippen LogP contribution in [0.25, 0.3) is 0 Å². The predicted octanol–water partition coefficient (Wildman–Crippen LogP) is 2.75. The molecule has 0 spiro atoms. The number of phenolic OH excluding ortho intramolecular Hbond substituents is 1. The van der Waals surface area contributed by atoms with Crippen LogP contribution in [-0.4, -0.2) is 51.2 Å². The molecule has 2 atom stereocenters. The van der Waals surface area contributed by atoms with Crippen LogP contribution in [0.3, 0.4) is 0 Å². The van der Waals surface area contributed by atoms with E-state index in [0.29, 0.717) is 22.6 Å². The van der Waals surface area contributed by atoms with Crippen molar-refractivity contribution in [3.63, 3.8) is 0 Å². The first-order valence-electron chi connectivity index (χ1n) is 8.75. The van der Waals surface area contributed by atoms with Crippen LogP contribution in [0.2, 0.25) is 0 Å². The first kappa shape index (κ1) is 19.7. The van der Waals surface area contributed by atoms with E-state index in [0.717, 1.165) is 0 Å². The average Bonchev–Trinajstić information content (AvgIpc) is 3.22. The summed E-state index contributed by atoms with van der Waals surface area (Å²) in [6.07, 6.45) is 0. The molecule has 1 N–H and O–H groups in total. The van der Waals surface area contributed by atoms with Gasteiger partial charge in [0.2, 0.25) is 0 Å². The molecule has 0 amide bonds. The molecule has 0 radical (unpaired) electrons. The number of ether oxygens (including phenoxy) is 4. The Kier molecular flexibility index (Phi) is 5.84. The Labute approximate surface area is 162 Å². The number of methoxy groups -OCH3 is 3. The lowest BCUT2D eigenvalue weighted by molar-refractivity contribution is 0.0808. The number of carbonyl (C=O) groups excluding carboxylic acids is 2. The van der Waals surface area contributed by atoms with Crippen molar-refractivity contribution in [2.24, 2.45) is 11.8 Å². The molecule has 0 aromatic heterocycles. The number of hydrogen-bond acceptors (Lipinski definition) is 7. The zero-order chi connectivity index (χ0) is 20.3. The van der Waals surface area contributed by atoms with Crippen molar-refractivity contribution in [2.45, 2.75) is 0 Å². The van der Waals surface area contributed by atoms with Gasteiger partial charge in [0.05, 0.1) is 46.4 Å². The second-order valence-corrected chi connectivity index (χ2v) is 6.44. The number of carbonyl (C=O) groups is 2. The summed E-state index contributed by atoms with van der Waals surface area (Å²) >= 11 is 0. The summed E-state index contributed by atoms with van der Waals surface area (Å²) in [7, 11) is 4.42. The van der Waals surface area contributed by atoms with Gasteiger partial charge in [0, 0.05) is 11.1 Å². The molecule has 3 rings (SSSR count). The number of phenols is 1. The van der Waals surface area contributed by atoms with E-state index in [2.05, 4.69) is 0 Å². The highest BCUT2D eigenvalue weighted by Gasteiger charge is 2.39. The van der Waals surface area contributed by atoms with E-state index in [9.17, 15) is 14.7 Å². The molecule has 1 heterocycles. The fourth-order valence-electron chi connectivity index (χ4n) is 3.32. The Bertz CT molecular complexity index is 890. The topological polar surface area (TPSA) is 91.3 Å². The summed E-state index contributed by atoms with van der Waals surface area (Å²) < 4.78 is 21.0. The van der Waals surface area contributed by atoms with Gasteiger partial charge in [-0.05, 0) is 36.4 Å². The summed E-state index contributed by atoms with van der Waals surface area (Å²) in [5.74, 6) is -0.534. The van der Waals surface area contributed by atoms with Gasteiger partial charge in [-0.2, -0.15) is 0 Å². The van der Waals surface area contributed by atoms with E-state index in [1.807, 2.05) is 0 Å². The molecule has 0 bridgehead atoms. The van der Waals surface area contributed by atoms with E-state index in [-0.39, 0.29) is 36.3 Å². The number of benzene rings is 2. The van der Waals surface area contributed by atoms with Crippen LogP contribution in [0.15, 0.2) is 36.4 Å². The molecule has 28 heavy (non-hydrogen) atoms. The molecule has 1 aliphatic rings. The van der Waals surface area contributed by atoms with Crippen molar-refractivity contribution >= 4 is 11.6 Å². The maximum Gasteiger partial charge on any atom is 0.169 e. The zero-order valence-corrected chi connectivity index (χ0v) is 15.9. The first-order valence-corrected chi connectivity index (χ1v) is 8.75. The van der Waals surface area contributed by atoms with Gasteiger partial charge >= 0.3 is 0 Å². The number of Topliss-reactive ketones (excluding diaryl/α,β-unsaturated/α-hetero) is 2. The zero-order valence-electron chi connectivity index (χ0n) is 15.9. The lowest BCUT2D eigenvalue weighted by atomic mass is 9.83. The minimum atomic E-state index is -0.616. The smallest absolute Gasteiger partial charge is 0.169 e. The van der Waals surface area contributed by atoms with Gasteiger partial charge in [0.1, 0.15) is 0 Å². The molecule has 2 aromatic rings. The van der Waals surface area contributed by atoms with Crippen LogP contribution < -0.4 is 14.2 Å². The van der Waals surface area contributed by atoms with Crippen LogP contribution in [0.4, 0.5) is 0 Å². The average molecular weight is 386 g/mol. The Morgan fingerprint density at radius 3 is 1.86 bits per heavy atom. The molecule has 0 aliphatic carbocycles. The predicted molar refractivity (Wildman–Crippen MR) is 101 cm³/mol. The van der Waals surface area contributed by atoms with E-state index in [1.54, 1.807) is 18.2 Å². The molecule has 0 unspecified atom stereocenters. The number of ketones is 2. The summed E-state index contributed by atoms with van der Waals surface area (Å²) in [4.78, 5) is 26.0. The summed E-state index contributed by atoms with van der Waals surface area (Å²) in [6.45, 7) is 0.324. The molecule has 1 aliphatic heterocycles. The van der Waals surface area contributed by atoms with Gasteiger partial charge in [-0.25, -0.2) is 0 Å². The minimum Gasteiger partial charge on any atom is -0.504 e. The van der Waals surface area contributed by atoms with Crippen LogP contribution in [0, 0.1) is 11.8 Å². The molecule has 148 valence electrons. The molecule has 7 nitrogen and oxygen atoms in total. The van der Waals surface area contributed by atoms with Gasteiger partial charge in [-0.1, -0.05) is 0 Å². The Morgan fingerprint density at radius 2 is 1.32 bits per heavy atom. The quantitative estimate of drug-likeness (QED) is 0.732. The van der Waals surface area contributed by atoms with Gasteiger partial charge in [0.25, 0.3) is 0 Å². The van der Waals surface area contributed by atoms with Crippen molar-refractivity contribution in [3.8, 4) is 23.0 Å². The Morgan fingerprint density at radius 1 is 0.821 bits per heavy atom. The van der Waals surface area contributed by atoms with E-state index in [4.69, 9.17) is 18.9 Å². The maximum atomic E-state index is 13.0. The normalized spacial score (nSPS) is 18.5. The molecular formula is C21H22O7. The largest absolute Gasteiger partial charge is 0.504 e. The molecular weight excluding hydrogens is 364 g/mol. The third-order valence-electron chi connectivity index (χ3n) is 4.89. The lowest BCUT2D eigenvalue weighted by Crippen LogP contribution is -2.29. The monoisotopic (exact) mass is 386 g/mol. The van der Waals surface area contributed by atoms with Crippen molar-refractivity contribution in [2.75, 3.05) is 34.5 Å². The van der Waals surface area contributed by atoms with Crippen LogP contribution in [0.1, 0.15) is 20.7 Å². The minimum absolute atomic E-state index is 0.0559. The third-order valence-corrected chi connectivity index (χ3v) is 4.89. The van der Waals surface area contributed by atoms with Crippen molar-refractivity contribution < 1.29 is 33.6 Å². The van der Waals surface area contributed by atoms with Gasteiger partial charge in [-0.3, -0.25) is 9.59 Å². The van der Waals surface area contributed by atoms with Gasteiger partial charge in [-0.15, -0.1) is 0 Å². The summed E-state index contributed by atoms with van der Waals surface area (Å²) in [6, 6.07) is 9.28. The summed E-state index contributed by atoms with van der Waals surface area (Å²) in [5, 5.41) is 9.73. The third kappa shape index (κ3) is 3.66. The van der Waals surface area contributed by atoms with Crippen molar-refractivity contribution in [1.82, 2.24) is 0 Å². The number of rotatable bonds is 7. The second kappa shape index (κ2) is 8.31. The lowest BCUT2D eigenvalue weighted by Gasteiger charge is -2.17. The number of aromatic hydroxyl groups is 1. The van der Waals surface area contributed by atoms with E-state index >= 15 is 0 Å². The van der Waals surface area contributed by atoms with Crippen LogP contribution in [0.5, 0.6) is 23.0 Å². The van der Waals surface area contributed by atoms with E-state index in [1.165, 1.54) is 39.5 Å². The highest BCUT2D eigenvalue weighted by Crippen LogP contribution is 2.34. The van der Waals surface area contributed by atoms with Gasteiger partial charge < -0.3 is 24.1 Å². The highest BCUT2D eigenvalue weighted by atomic mass is 16.5. The fraction of sp³-hybridized carbons (Fsp3) is 0.333. The standard InChI is InChI=1S/C21H22O7/c1-25-17-7-5-13(9-19(17)27-3)21(24)15-11-28-10-14(15)20(23)12-4-6-16(22)18(8-12)26-2/h4-9,14-15,22H,10-11H2,1-3H3/t14-,15-/m0/s1. The van der Waals surface area contributed by atoms with E-state index < -0.39 is 11.8 Å². The molecule has 0 saturated carbocycles. The molecule has 7 heteroatoms. The number of hydrogen-bond donors (Lipinski definition) is 1. The van der Waals surface area contributed by atoms with Crippen molar-refractivity contribution in [1.29, 1.82) is 0 Å². The first-order chi connectivity index (χ1) is 13.5. The molecule has 2 aromatic carbocycles. The van der Waals surface area contributed by atoms with Gasteiger partial charge in [0.15, 0.2) is 34.6 Å². The fourth-order valence-corrected chi connectivity index (χ4v) is 3.32. The van der Waals surface area contributed by atoms with Crippen LogP contribution >= 0.6 is 0 Å². The molecule has 1 fully saturated rings. The maximum absolute atomic E-state index is 13.0.